The van der Waals surface area contributed by atoms with Gasteiger partial charge < -0.3 is 9.47 Å². The van der Waals surface area contributed by atoms with Gasteiger partial charge in [-0.3, -0.25) is 9.89 Å². The highest BCUT2D eigenvalue weighted by atomic mass is 16.2. The summed E-state index contributed by atoms with van der Waals surface area (Å²) in [4.78, 5) is 19.9. The molecule has 5 rings (SSSR count). The van der Waals surface area contributed by atoms with Crippen molar-refractivity contribution >= 4 is 5.91 Å². The van der Waals surface area contributed by atoms with Crippen molar-refractivity contribution in [2.24, 2.45) is 18.9 Å². The van der Waals surface area contributed by atoms with Gasteiger partial charge in [0.05, 0.1) is 0 Å². The number of H-pyrrole nitrogens is 1. The van der Waals surface area contributed by atoms with Crippen LogP contribution in [-0.2, 0) is 7.05 Å². The van der Waals surface area contributed by atoms with E-state index in [0.29, 0.717) is 17.8 Å². The number of likely N-dealkylation sites (tertiary alicyclic amines) is 1. The largest absolute Gasteiger partial charge is 0.346 e. The Morgan fingerprint density at radius 1 is 1.24 bits per heavy atom. The van der Waals surface area contributed by atoms with Crippen molar-refractivity contribution in [1.29, 1.82) is 0 Å². The summed E-state index contributed by atoms with van der Waals surface area (Å²) in [6.07, 6.45) is 6.97. The van der Waals surface area contributed by atoms with E-state index in [2.05, 4.69) is 10.2 Å². The van der Waals surface area contributed by atoms with Crippen LogP contribution in [0.25, 0.3) is 0 Å². The van der Waals surface area contributed by atoms with Crippen LogP contribution < -0.4 is 0 Å². The predicted molar refractivity (Wildman–Crippen MR) is 93.4 cm³/mol. The van der Waals surface area contributed by atoms with E-state index in [4.69, 9.17) is 4.98 Å². The molecule has 0 spiro atoms. The minimum atomic E-state index is 0.153. The summed E-state index contributed by atoms with van der Waals surface area (Å²) >= 11 is 0. The molecular formula is C19H25N5O. The molecule has 1 saturated heterocycles. The fourth-order valence-corrected chi connectivity index (χ4v) is 4.39. The summed E-state index contributed by atoms with van der Waals surface area (Å²) in [6, 6.07) is 2.01. The Labute approximate surface area is 147 Å². The number of nitrogens with zero attached hydrogens (tertiary/aromatic N) is 4. The van der Waals surface area contributed by atoms with E-state index in [-0.39, 0.29) is 5.91 Å². The highest BCUT2D eigenvalue weighted by Gasteiger charge is 2.46. The van der Waals surface area contributed by atoms with Crippen LogP contribution in [0, 0.1) is 18.8 Å². The molecule has 1 aliphatic heterocycles. The van der Waals surface area contributed by atoms with Crippen LogP contribution in [0.3, 0.4) is 0 Å². The molecule has 25 heavy (non-hydrogen) atoms. The lowest BCUT2D eigenvalue weighted by molar-refractivity contribution is 0.0774. The topological polar surface area (TPSA) is 66.8 Å². The zero-order chi connectivity index (χ0) is 17.1. The average Bonchev–Trinajstić information content (AvgIpc) is 3.51. The van der Waals surface area contributed by atoms with Gasteiger partial charge in [0, 0.05) is 38.2 Å². The zero-order valence-electron chi connectivity index (χ0n) is 14.9. The number of aromatic amines is 1. The molecule has 1 N–H and O–H groups in total. The number of carbonyl (C=O) groups excluding carboxylic acids is 1. The van der Waals surface area contributed by atoms with E-state index < -0.39 is 0 Å². The van der Waals surface area contributed by atoms with Gasteiger partial charge in [-0.15, -0.1) is 0 Å². The average molecular weight is 339 g/mol. The predicted octanol–water partition coefficient (Wildman–Crippen LogP) is 2.59. The summed E-state index contributed by atoms with van der Waals surface area (Å²) in [5, 5.41) is 7.64. The Hall–Kier alpha value is -2.11. The second-order valence-electron chi connectivity index (χ2n) is 8.13. The van der Waals surface area contributed by atoms with Crippen molar-refractivity contribution in [1.82, 2.24) is 24.6 Å². The third-order valence-corrected chi connectivity index (χ3v) is 6.17. The summed E-state index contributed by atoms with van der Waals surface area (Å²) in [5.74, 6) is 4.26. The maximum Gasteiger partial charge on any atom is 0.270 e. The standard InChI is InChI=1S/C19H25N5O/c1-11-7-8-23(2)16(11)19(25)24-9-14(12-3-4-12)15(10-24)18-20-17(21-22-18)13-5-6-13/h7-8,12-15H,3-6,9-10H2,1-2H3,(H,20,21,22)/t14-,15+/m1/s1. The van der Waals surface area contributed by atoms with Crippen molar-refractivity contribution in [2.45, 2.75) is 44.4 Å². The van der Waals surface area contributed by atoms with Crippen molar-refractivity contribution in [3.63, 3.8) is 0 Å². The minimum absolute atomic E-state index is 0.153. The Bertz CT molecular complexity index is 794. The Kier molecular flexibility index (Phi) is 3.30. The molecule has 3 heterocycles. The highest BCUT2D eigenvalue weighted by Crippen LogP contribution is 2.47. The fourth-order valence-electron chi connectivity index (χ4n) is 4.39. The zero-order valence-corrected chi connectivity index (χ0v) is 14.9. The Morgan fingerprint density at radius 3 is 2.68 bits per heavy atom. The molecule has 2 atom stereocenters. The maximum atomic E-state index is 13.1. The van der Waals surface area contributed by atoms with E-state index in [1.165, 1.54) is 25.7 Å². The SMILES string of the molecule is Cc1ccn(C)c1C(=O)N1C[C@H](c2nc(C3CC3)n[nH]2)[C@@H](C2CC2)C1. The van der Waals surface area contributed by atoms with Gasteiger partial charge in [0.2, 0.25) is 0 Å². The molecule has 2 aromatic rings. The van der Waals surface area contributed by atoms with Crippen LogP contribution in [-0.4, -0.2) is 43.6 Å². The Balaban J connectivity index is 1.41. The maximum absolute atomic E-state index is 13.1. The molecule has 6 nitrogen and oxygen atoms in total. The third kappa shape index (κ3) is 2.58. The first-order valence-electron chi connectivity index (χ1n) is 9.45. The lowest BCUT2D eigenvalue weighted by Crippen LogP contribution is -2.31. The van der Waals surface area contributed by atoms with Gasteiger partial charge in [-0.05, 0) is 56.1 Å². The summed E-state index contributed by atoms with van der Waals surface area (Å²) in [5.41, 5.74) is 1.86. The van der Waals surface area contributed by atoms with Gasteiger partial charge in [-0.25, -0.2) is 4.98 Å². The van der Waals surface area contributed by atoms with Crippen LogP contribution in [0.4, 0.5) is 0 Å². The quantitative estimate of drug-likeness (QED) is 0.931. The van der Waals surface area contributed by atoms with Gasteiger partial charge in [0.25, 0.3) is 5.91 Å². The van der Waals surface area contributed by atoms with Crippen molar-refractivity contribution in [2.75, 3.05) is 13.1 Å². The first kappa shape index (κ1) is 15.2. The number of amides is 1. The number of hydrogen-bond acceptors (Lipinski definition) is 3. The van der Waals surface area contributed by atoms with Gasteiger partial charge in [-0.2, -0.15) is 5.10 Å². The Morgan fingerprint density at radius 2 is 2.04 bits per heavy atom. The first-order chi connectivity index (χ1) is 12.1. The van der Waals surface area contributed by atoms with Gasteiger partial charge in [0.15, 0.2) is 5.82 Å². The normalized spacial score (nSPS) is 26.4. The third-order valence-electron chi connectivity index (χ3n) is 6.17. The number of aryl methyl sites for hydroxylation is 2. The van der Waals surface area contributed by atoms with Gasteiger partial charge in [0.1, 0.15) is 11.5 Å². The van der Waals surface area contributed by atoms with Crippen LogP contribution in [0.1, 0.15) is 65.2 Å². The number of rotatable bonds is 4. The molecule has 0 aromatic carbocycles. The molecule has 2 aromatic heterocycles. The lowest BCUT2D eigenvalue weighted by atomic mass is 9.91. The molecule has 3 fully saturated rings. The molecule has 2 aliphatic carbocycles. The van der Waals surface area contributed by atoms with Crippen LogP contribution in [0.5, 0.6) is 0 Å². The van der Waals surface area contributed by atoms with Gasteiger partial charge in [-0.1, -0.05) is 0 Å². The van der Waals surface area contributed by atoms with Crippen LogP contribution in [0.15, 0.2) is 12.3 Å². The summed E-state index contributed by atoms with van der Waals surface area (Å²) in [7, 11) is 1.95. The first-order valence-corrected chi connectivity index (χ1v) is 9.45. The minimum Gasteiger partial charge on any atom is -0.346 e. The monoisotopic (exact) mass is 339 g/mol. The number of carbonyl (C=O) groups is 1. The molecule has 0 radical (unpaired) electrons. The fraction of sp³-hybridized carbons (Fsp3) is 0.632. The second kappa shape index (κ2) is 5.44. The van der Waals surface area contributed by atoms with Gasteiger partial charge >= 0.3 is 0 Å². The van der Waals surface area contributed by atoms with E-state index in [0.717, 1.165) is 41.9 Å². The van der Waals surface area contributed by atoms with E-state index in [1.807, 2.05) is 35.7 Å². The number of aromatic nitrogens is 4. The van der Waals surface area contributed by atoms with E-state index in [1.54, 1.807) is 0 Å². The van der Waals surface area contributed by atoms with Crippen LogP contribution >= 0.6 is 0 Å². The molecule has 6 heteroatoms. The smallest absolute Gasteiger partial charge is 0.270 e. The molecule has 0 unspecified atom stereocenters. The molecule has 2 saturated carbocycles. The number of hydrogen-bond donors (Lipinski definition) is 1. The van der Waals surface area contributed by atoms with Crippen molar-refractivity contribution in [3.05, 3.63) is 35.2 Å². The highest BCUT2D eigenvalue weighted by molar-refractivity contribution is 5.94. The van der Waals surface area contributed by atoms with E-state index in [9.17, 15) is 4.79 Å². The van der Waals surface area contributed by atoms with Crippen molar-refractivity contribution < 1.29 is 4.79 Å². The molecule has 132 valence electrons. The molecule has 1 amide bonds. The van der Waals surface area contributed by atoms with Crippen LogP contribution in [0.2, 0.25) is 0 Å². The van der Waals surface area contributed by atoms with Crippen molar-refractivity contribution in [3.8, 4) is 0 Å². The molecule has 3 aliphatic rings. The second-order valence-corrected chi connectivity index (χ2v) is 8.13. The summed E-state index contributed by atoms with van der Waals surface area (Å²) in [6.45, 7) is 3.61. The molecular weight excluding hydrogens is 314 g/mol. The molecule has 0 bridgehead atoms. The summed E-state index contributed by atoms with van der Waals surface area (Å²) < 4.78 is 1.94. The number of nitrogens with one attached hydrogen (secondary N) is 1. The van der Waals surface area contributed by atoms with E-state index >= 15 is 0 Å². The lowest BCUT2D eigenvalue weighted by Gasteiger charge is -2.17.